The van der Waals surface area contributed by atoms with Crippen LogP contribution in [0.15, 0.2) is 18.2 Å². The Balaban J connectivity index is 1.90. The molecule has 1 aliphatic heterocycles. The molecular weight excluding hydrogens is 496 g/mol. The van der Waals surface area contributed by atoms with E-state index in [0.717, 1.165) is 12.1 Å². The SMILES string of the molecule is C[C@@H](CS(=O)(=O)CCCCCN1CC(=O)NC1=O)c1ccc(F)c(OS(=O)(=O)C(F)(F)F)c1. The molecule has 2 rings (SSSR count). The van der Waals surface area contributed by atoms with E-state index in [9.17, 15) is 44.0 Å². The van der Waals surface area contributed by atoms with Crippen molar-refractivity contribution in [2.75, 3.05) is 24.6 Å². The number of amides is 3. The number of imide groups is 1. The molecule has 0 spiro atoms. The average molecular weight is 519 g/mol. The van der Waals surface area contributed by atoms with Gasteiger partial charge in [-0.2, -0.15) is 21.6 Å². The lowest BCUT2D eigenvalue weighted by Gasteiger charge is -2.15. The zero-order valence-corrected chi connectivity index (χ0v) is 19.0. The lowest BCUT2D eigenvalue weighted by molar-refractivity contribution is -0.118. The molecule has 9 nitrogen and oxygen atoms in total. The van der Waals surface area contributed by atoms with Crippen molar-refractivity contribution in [3.8, 4) is 5.75 Å². The Morgan fingerprint density at radius 3 is 2.36 bits per heavy atom. The zero-order valence-electron chi connectivity index (χ0n) is 17.4. The summed E-state index contributed by atoms with van der Waals surface area (Å²) in [5.41, 5.74) is -5.67. The van der Waals surface area contributed by atoms with Gasteiger partial charge in [-0.25, -0.2) is 17.6 Å². The third kappa shape index (κ3) is 7.55. The first kappa shape index (κ1) is 26.8. The number of halogens is 4. The fourth-order valence-corrected chi connectivity index (χ4v) is 5.30. The van der Waals surface area contributed by atoms with Gasteiger partial charge in [0.2, 0.25) is 5.91 Å². The fourth-order valence-electron chi connectivity index (χ4n) is 3.08. The first-order valence-corrected chi connectivity index (χ1v) is 12.9. The van der Waals surface area contributed by atoms with Gasteiger partial charge in [0.25, 0.3) is 0 Å². The summed E-state index contributed by atoms with van der Waals surface area (Å²) in [4.78, 5) is 23.8. The van der Waals surface area contributed by atoms with Crippen molar-refractivity contribution in [2.45, 2.75) is 37.6 Å². The molecule has 0 saturated carbocycles. The number of urea groups is 1. The highest BCUT2D eigenvalue weighted by Gasteiger charge is 2.49. The lowest BCUT2D eigenvalue weighted by Crippen LogP contribution is -2.29. The number of nitrogens with one attached hydrogen (secondary N) is 1. The van der Waals surface area contributed by atoms with Gasteiger partial charge >= 0.3 is 21.7 Å². The molecule has 0 unspecified atom stereocenters. The van der Waals surface area contributed by atoms with Crippen LogP contribution >= 0.6 is 0 Å². The molecule has 1 aliphatic rings. The maximum absolute atomic E-state index is 13.8. The maximum atomic E-state index is 13.8. The molecule has 1 aromatic rings. The van der Waals surface area contributed by atoms with Crippen LogP contribution < -0.4 is 9.50 Å². The largest absolute Gasteiger partial charge is 0.534 e. The molecular formula is C18H22F4N2O7S2. The number of nitrogens with zero attached hydrogens (tertiary/aromatic N) is 1. The summed E-state index contributed by atoms with van der Waals surface area (Å²) in [5.74, 6) is -4.33. The molecule has 186 valence electrons. The molecule has 1 N–H and O–H groups in total. The molecule has 0 aromatic heterocycles. The maximum Gasteiger partial charge on any atom is 0.534 e. The Morgan fingerprint density at radius 1 is 1.12 bits per heavy atom. The molecule has 1 saturated heterocycles. The standard InChI is InChI=1S/C18H22F4N2O7S2/c1-12(13-5-6-14(19)15(9-13)31-33(29,30)18(20,21)22)11-32(27,28)8-4-2-3-7-24-10-16(25)23-17(24)26/h5-6,9,12H,2-4,7-8,10-11H2,1H3,(H,23,25,26)/t12-/m0/s1. The van der Waals surface area contributed by atoms with Gasteiger partial charge < -0.3 is 9.08 Å². The van der Waals surface area contributed by atoms with Gasteiger partial charge in [0.15, 0.2) is 21.4 Å². The molecule has 1 atom stereocenters. The third-order valence-corrected chi connectivity index (χ3v) is 7.65. The molecule has 15 heteroatoms. The van der Waals surface area contributed by atoms with E-state index in [-0.39, 0.29) is 24.3 Å². The second-order valence-electron chi connectivity index (χ2n) is 7.52. The summed E-state index contributed by atoms with van der Waals surface area (Å²) in [5, 5.41) is 2.13. The predicted molar refractivity (Wildman–Crippen MR) is 108 cm³/mol. The Kier molecular flexibility index (Phi) is 8.32. The van der Waals surface area contributed by atoms with Crippen LogP contribution in [0.5, 0.6) is 5.75 Å². The second-order valence-corrected chi connectivity index (χ2v) is 11.3. The fraction of sp³-hybridized carbons (Fsp3) is 0.556. The van der Waals surface area contributed by atoms with Crippen molar-refractivity contribution in [3.63, 3.8) is 0 Å². The summed E-state index contributed by atoms with van der Waals surface area (Å²) < 4.78 is 102. The van der Waals surface area contributed by atoms with Crippen LogP contribution in [0.25, 0.3) is 0 Å². The first-order valence-electron chi connectivity index (χ1n) is 9.71. The van der Waals surface area contributed by atoms with Crippen LogP contribution in [0.3, 0.4) is 0 Å². The molecule has 1 aromatic carbocycles. The molecule has 0 aliphatic carbocycles. The minimum atomic E-state index is -6.09. The van der Waals surface area contributed by atoms with Crippen molar-refractivity contribution in [1.82, 2.24) is 10.2 Å². The summed E-state index contributed by atoms with van der Waals surface area (Å²) in [7, 11) is -9.70. The number of rotatable bonds is 11. The van der Waals surface area contributed by atoms with Crippen LogP contribution in [0.1, 0.15) is 37.7 Å². The van der Waals surface area contributed by atoms with E-state index in [1.54, 1.807) is 0 Å². The number of carbonyl (C=O) groups excluding carboxylic acids is 2. The van der Waals surface area contributed by atoms with E-state index in [4.69, 9.17) is 0 Å². The van der Waals surface area contributed by atoms with Crippen molar-refractivity contribution in [3.05, 3.63) is 29.6 Å². The van der Waals surface area contributed by atoms with Crippen LogP contribution in [-0.4, -0.2) is 63.8 Å². The van der Waals surface area contributed by atoms with Crippen LogP contribution in [0.4, 0.5) is 22.4 Å². The van der Waals surface area contributed by atoms with Crippen molar-refractivity contribution < 1.29 is 48.2 Å². The Labute approximate surface area is 188 Å². The number of hydrogen-bond acceptors (Lipinski definition) is 7. The molecule has 33 heavy (non-hydrogen) atoms. The van der Waals surface area contributed by atoms with Gasteiger partial charge in [-0.05, 0) is 36.5 Å². The van der Waals surface area contributed by atoms with Crippen molar-refractivity contribution in [1.29, 1.82) is 0 Å². The van der Waals surface area contributed by atoms with Crippen LogP contribution in [0.2, 0.25) is 0 Å². The van der Waals surface area contributed by atoms with Crippen LogP contribution in [-0.2, 0) is 24.7 Å². The summed E-state index contributed by atoms with van der Waals surface area (Å²) in [6.07, 6.45) is 1.23. The van der Waals surface area contributed by atoms with Gasteiger partial charge in [-0.1, -0.05) is 19.4 Å². The van der Waals surface area contributed by atoms with Gasteiger partial charge in [0, 0.05) is 6.54 Å². The summed E-state index contributed by atoms with van der Waals surface area (Å²) in [6.45, 7) is 1.70. The predicted octanol–water partition coefficient (Wildman–Crippen LogP) is 2.29. The highest BCUT2D eigenvalue weighted by molar-refractivity contribution is 7.91. The van der Waals surface area contributed by atoms with Gasteiger partial charge in [0.05, 0.1) is 11.5 Å². The number of unbranched alkanes of at least 4 members (excludes halogenated alkanes) is 2. The Morgan fingerprint density at radius 2 is 1.79 bits per heavy atom. The van der Waals surface area contributed by atoms with E-state index < -0.39 is 60.6 Å². The van der Waals surface area contributed by atoms with Gasteiger partial charge in [-0.15, -0.1) is 0 Å². The molecule has 3 amide bonds. The third-order valence-electron chi connectivity index (χ3n) is 4.76. The molecule has 1 fully saturated rings. The molecule has 0 bridgehead atoms. The Hall–Kier alpha value is -2.42. The normalized spacial score (nSPS) is 16.1. The number of benzene rings is 1. The number of sulfone groups is 1. The summed E-state index contributed by atoms with van der Waals surface area (Å²) in [6, 6.07) is 2.05. The van der Waals surface area contributed by atoms with E-state index in [1.807, 2.05) is 0 Å². The lowest BCUT2D eigenvalue weighted by atomic mass is 10.0. The van der Waals surface area contributed by atoms with E-state index >= 15 is 0 Å². The minimum absolute atomic E-state index is 0.0394. The topological polar surface area (TPSA) is 127 Å². The van der Waals surface area contributed by atoms with E-state index in [1.165, 1.54) is 11.8 Å². The number of hydrogen-bond donors (Lipinski definition) is 1. The summed E-state index contributed by atoms with van der Waals surface area (Å²) >= 11 is 0. The van der Waals surface area contributed by atoms with Gasteiger partial charge in [0.1, 0.15) is 6.54 Å². The van der Waals surface area contributed by atoms with Gasteiger partial charge in [-0.3, -0.25) is 10.1 Å². The smallest absolute Gasteiger partial charge is 0.373 e. The quantitative estimate of drug-likeness (QED) is 0.157. The second kappa shape index (κ2) is 10.2. The van der Waals surface area contributed by atoms with Crippen molar-refractivity contribution in [2.24, 2.45) is 0 Å². The zero-order chi connectivity index (χ0) is 25.0. The highest BCUT2D eigenvalue weighted by Crippen LogP contribution is 2.31. The molecule has 1 heterocycles. The minimum Gasteiger partial charge on any atom is -0.373 e. The van der Waals surface area contributed by atoms with Crippen molar-refractivity contribution >= 4 is 31.9 Å². The van der Waals surface area contributed by atoms with Crippen LogP contribution in [0, 0.1) is 5.82 Å². The van der Waals surface area contributed by atoms with E-state index in [0.29, 0.717) is 25.5 Å². The molecule has 0 radical (unpaired) electrons. The number of carbonyl (C=O) groups is 2. The Bertz CT molecular complexity index is 1110. The van der Waals surface area contributed by atoms with E-state index in [2.05, 4.69) is 9.50 Å². The number of alkyl halides is 3. The average Bonchev–Trinajstić information content (AvgIpc) is 2.98. The first-order chi connectivity index (χ1) is 15.1. The monoisotopic (exact) mass is 518 g/mol. The highest BCUT2D eigenvalue weighted by atomic mass is 32.2.